The van der Waals surface area contributed by atoms with Gasteiger partial charge in [0.2, 0.25) is 0 Å². The third-order valence-electron chi connectivity index (χ3n) is 1.63. The molecule has 0 saturated carbocycles. The van der Waals surface area contributed by atoms with Crippen molar-refractivity contribution in [2.45, 2.75) is 32.2 Å². The van der Waals surface area contributed by atoms with Crippen LogP contribution in [0.3, 0.4) is 0 Å². The highest BCUT2D eigenvalue weighted by atomic mass is 16.4. The van der Waals surface area contributed by atoms with Crippen molar-refractivity contribution in [2.75, 3.05) is 6.54 Å². The van der Waals surface area contributed by atoms with Crippen LogP contribution in [0.4, 0.5) is 0 Å². The normalized spacial score (nSPS) is 12.0. The van der Waals surface area contributed by atoms with Gasteiger partial charge in [0.25, 0.3) is 0 Å². The maximum atomic E-state index is 10.1. The lowest BCUT2D eigenvalue weighted by Gasteiger charge is -2.12. The standard InChI is InChI=1S/C9H15NO2/c1-3-5-8(4-2)10-7-6-9(11)12/h1,8,10H,4-7H2,2H3,(H,11,12). The molecule has 0 aromatic carbocycles. The topological polar surface area (TPSA) is 49.3 Å². The largest absolute Gasteiger partial charge is 0.481 e. The molecule has 1 unspecified atom stereocenters. The minimum atomic E-state index is -0.780. The maximum absolute atomic E-state index is 10.1. The molecule has 2 N–H and O–H groups in total. The minimum absolute atomic E-state index is 0.154. The van der Waals surface area contributed by atoms with Crippen LogP contribution in [0.2, 0.25) is 0 Å². The quantitative estimate of drug-likeness (QED) is 0.580. The molecule has 12 heavy (non-hydrogen) atoms. The first-order valence-electron chi connectivity index (χ1n) is 4.09. The lowest BCUT2D eigenvalue weighted by molar-refractivity contribution is -0.136. The fourth-order valence-corrected chi connectivity index (χ4v) is 0.886. The molecule has 0 amide bonds. The molecule has 0 aliphatic heterocycles. The molecule has 3 heteroatoms. The summed E-state index contributed by atoms with van der Waals surface area (Å²) >= 11 is 0. The predicted molar refractivity (Wildman–Crippen MR) is 47.8 cm³/mol. The number of hydrogen-bond acceptors (Lipinski definition) is 2. The van der Waals surface area contributed by atoms with Crippen LogP contribution in [-0.4, -0.2) is 23.7 Å². The molecule has 0 saturated heterocycles. The van der Waals surface area contributed by atoms with Gasteiger partial charge in [-0.25, -0.2) is 0 Å². The van der Waals surface area contributed by atoms with Crippen LogP contribution in [0.25, 0.3) is 0 Å². The van der Waals surface area contributed by atoms with Crippen molar-refractivity contribution in [3.05, 3.63) is 0 Å². The molecule has 0 spiro atoms. The predicted octanol–water partition coefficient (Wildman–Crippen LogP) is 0.853. The van der Waals surface area contributed by atoms with E-state index in [0.717, 1.165) is 6.42 Å². The highest BCUT2D eigenvalue weighted by Crippen LogP contribution is 1.95. The molecule has 0 aliphatic rings. The highest BCUT2D eigenvalue weighted by molar-refractivity contribution is 5.66. The van der Waals surface area contributed by atoms with Crippen molar-refractivity contribution in [2.24, 2.45) is 0 Å². The van der Waals surface area contributed by atoms with E-state index in [1.807, 2.05) is 6.92 Å². The van der Waals surface area contributed by atoms with Crippen molar-refractivity contribution < 1.29 is 9.90 Å². The van der Waals surface area contributed by atoms with Gasteiger partial charge in [0, 0.05) is 19.0 Å². The smallest absolute Gasteiger partial charge is 0.304 e. The van der Waals surface area contributed by atoms with E-state index in [4.69, 9.17) is 11.5 Å². The van der Waals surface area contributed by atoms with Crippen LogP contribution >= 0.6 is 0 Å². The summed E-state index contributed by atoms with van der Waals surface area (Å²) in [7, 11) is 0. The Balaban J connectivity index is 3.45. The molecule has 0 aromatic rings. The van der Waals surface area contributed by atoms with Crippen LogP contribution in [-0.2, 0) is 4.79 Å². The van der Waals surface area contributed by atoms with Crippen LogP contribution < -0.4 is 5.32 Å². The summed E-state index contributed by atoms with van der Waals surface area (Å²) in [6, 6.07) is 0.259. The van der Waals surface area contributed by atoms with Gasteiger partial charge < -0.3 is 10.4 Å². The van der Waals surface area contributed by atoms with Gasteiger partial charge in [-0.1, -0.05) is 6.92 Å². The Kier molecular flexibility index (Phi) is 6.12. The van der Waals surface area contributed by atoms with E-state index < -0.39 is 5.97 Å². The lowest BCUT2D eigenvalue weighted by atomic mass is 10.1. The second-order valence-electron chi connectivity index (χ2n) is 2.61. The molecule has 3 nitrogen and oxygen atoms in total. The van der Waals surface area contributed by atoms with Crippen molar-refractivity contribution in [1.82, 2.24) is 5.32 Å². The van der Waals surface area contributed by atoms with Gasteiger partial charge in [-0.2, -0.15) is 0 Å². The Morgan fingerprint density at radius 3 is 2.83 bits per heavy atom. The highest BCUT2D eigenvalue weighted by Gasteiger charge is 2.03. The summed E-state index contributed by atoms with van der Waals surface area (Å²) in [5.41, 5.74) is 0. The maximum Gasteiger partial charge on any atom is 0.304 e. The van der Waals surface area contributed by atoms with Gasteiger partial charge in [0.1, 0.15) is 0 Å². The summed E-state index contributed by atoms with van der Waals surface area (Å²) in [5, 5.41) is 11.4. The number of terminal acetylenes is 1. The van der Waals surface area contributed by atoms with Crippen molar-refractivity contribution in [3.63, 3.8) is 0 Å². The molecule has 0 fully saturated rings. The van der Waals surface area contributed by atoms with Crippen molar-refractivity contribution >= 4 is 5.97 Å². The summed E-state index contributed by atoms with van der Waals surface area (Å²) in [4.78, 5) is 10.1. The number of nitrogens with one attached hydrogen (secondary N) is 1. The van der Waals surface area contributed by atoms with Crippen LogP contribution in [0.1, 0.15) is 26.2 Å². The number of carboxylic acids is 1. The molecule has 68 valence electrons. The zero-order valence-corrected chi connectivity index (χ0v) is 7.34. The fraction of sp³-hybridized carbons (Fsp3) is 0.667. The molecule has 0 aliphatic carbocycles. The van der Waals surface area contributed by atoms with E-state index >= 15 is 0 Å². The first-order valence-corrected chi connectivity index (χ1v) is 4.09. The van der Waals surface area contributed by atoms with Crippen LogP contribution in [0.15, 0.2) is 0 Å². The summed E-state index contributed by atoms with van der Waals surface area (Å²) < 4.78 is 0. The minimum Gasteiger partial charge on any atom is -0.481 e. The Bertz CT molecular complexity index is 172. The number of rotatable bonds is 6. The Morgan fingerprint density at radius 1 is 1.75 bits per heavy atom. The Hall–Kier alpha value is -1.01. The number of carboxylic acid groups (broad SMARTS) is 1. The molecule has 0 aromatic heterocycles. The monoisotopic (exact) mass is 169 g/mol. The molecular weight excluding hydrogens is 154 g/mol. The Morgan fingerprint density at radius 2 is 2.42 bits per heavy atom. The third kappa shape index (κ3) is 5.75. The van der Waals surface area contributed by atoms with Gasteiger partial charge in [0.05, 0.1) is 6.42 Å². The third-order valence-corrected chi connectivity index (χ3v) is 1.63. The summed E-state index contributed by atoms with van der Waals surface area (Å²) in [6.07, 6.45) is 6.88. The first-order chi connectivity index (χ1) is 5.70. The average molecular weight is 169 g/mol. The first kappa shape index (κ1) is 11.0. The zero-order valence-electron chi connectivity index (χ0n) is 7.34. The average Bonchev–Trinajstić information content (AvgIpc) is 2.02. The lowest BCUT2D eigenvalue weighted by Crippen LogP contribution is -2.29. The number of aliphatic carboxylic acids is 1. The van der Waals surface area contributed by atoms with Crippen molar-refractivity contribution in [1.29, 1.82) is 0 Å². The van der Waals surface area contributed by atoms with Crippen LogP contribution in [0.5, 0.6) is 0 Å². The van der Waals surface area contributed by atoms with E-state index in [-0.39, 0.29) is 12.5 Å². The van der Waals surface area contributed by atoms with E-state index in [1.165, 1.54) is 0 Å². The van der Waals surface area contributed by atoms with E-state index in [9.17, 15) is 4.79 Å². The molecule has 0 rings (SSSR count). The van der Waals surface area contributed by atoms with Crippen molar-refractivity contribution in [3.8, 4) is 12.3 Å². The second-order valence-corrected chi connectivity index (χ2v) is 2.61. The fourth-order valence-electron chi connectivity index (χ4n) is 0.886. The molecule has 0 radical (unpaired) electrons. The summed E-state index contributed by atoms with van der Waals surface area (Å²) in [6.45, 7) is 2.52. The van der Waals surface area contributed by atoms with Gasteiger partial charge in [-0.15, -0.1) is 12.3 Å². The van der Waals surface area contributed by atoms with E-state index in [0.29, 0.717) is 13.0 Å². The van der Waals surface area contributed by atoms with Gasteiger partial charge in [-0.05, 0) is 6.42 Å². The molecule has 0 bridgehead atoms. The number of carbonyl (C=O) groups is 1. The van der Waals surface area contributed by atoms with Crippen LogP contribution in [0, 0.1) is 12.3 Å². The second kappa shape index (κ2) is 6.68. The Labute approximate surface area is 73.2 Å². The van der Waals surface area contributed by atoms with E-state index in [1.54, 1.807) is 0 Å². The van der Waals surface area contributed by atoms with Gasteiger partial charge in [-0.3, -0.25) is 4.79 Å². The molecule has 1 atom stereocenters. The van der Waals surface area contributed by atoms with Gasteiger partial charge in [0.15, 0.2) is 0 Å². The molecule has 0 heterocycles. The summed E-state index contributed by atoms with van der Waals surface area (Å²) in [5.74, 6) is 1.77. The van der Waals surface area contributed by atoms with Gasteiger partial charge >= 0.3 is 5.97 Å². The number of hydrogen-bond donors (Lipinski definition) is 2. The molecular formula is C9H15NO2. The zero-order chi connectivity index (χ0) is 9.40. The van der Waals surface area contributed by atoms with E-state index in [2.05, 4.69) is 11.2 Å². The SMILES string of the molecule is C#CCC(CC)NCCC(=O)O.